The number of anilines is 1. The molecule has 28 heavy (non-hydrogen) atoms. The van der Waals surface area contributed by atoms with E-state index in [1.165, 1.54) is 18.4 Å². The lowest BCUT2D eigenvalue weighted by Crippen LogP contribution is -2.45. The SMILES string of the molecule is CC(C)COCC(CN(Cc1ccccc1)c1ccc(O)cc1)N1CCCC1. The van der Waals surface area contributed by atoms with Crippen molar-refractivity contribution in [1.29, 1.82) is 0 Å². The number of benzene rings is 2. The highest BCUT2D eigenvalue weighted by Crippen LogP contribution is 2.23. The predicted molar refractivity (Wildman–Crippen MR) is 116 cm³/mol. The molecule has 0 amide bonds. The number of rotatable bonds is 10. The van der Waals surface area contributed by atoms with Crippen molar-refractivity contribution in [1.82, 2.24) is 4.90 Å². The summed E-state index contributed by atoms with van der Waals surface area (Å²) >= 11 is 0. The molecule has 0 bridgehead atoms. The van der Waals surface area contributed by atoms with Crippen molar-refractivity contribution < 1.29 is 9.84 Å². The van der Waals surface area contributed by atoms with Crippen molar-refractivity contribution in [2.45, 2.75) is 39.3 Å². The fourth-order valence-electron chi connectivity index (χ4n) is 3.80. The summed E-state index contributed by atoms with van der Waals surface area (Å²) in [5.41, 5.74) is 2.42. The first-order valence-corrected chi connectivity index (χ1v) is 10.5. The van der Waals surface area contributed by atoms with E-state index in [1.54, 1.807) is 12.1 Å². The first kappa shape index (κ1) is 20.7. The maximum Gasteiger partial charge on any atom is 0.115 e. The van der Waals surface area contributed by atoms with Gasteiger partial charge >= 0.3 is 0 Å². The van der Waals surface area contributed by atoms with Gasteiger partial charge in [-0.25, -0.2) is 0 Å². The average Bonchev–Trinajstić information content (AvgIpc) is 3.22. The first-order chi connectivity index (χ1) is 13.6. The zero-order valence-corrected chi connectivity index (χ0v) is 17.3. The number of nitrogens with zero attached hydrogens (tertiary/aromatic N) is 2. The van der Waals surface area contributed by atoms with Gasteiger partial charge in [-0.05, 0) is 61.7 Å². The average molecular weight is 383 g/mol. The Morgan fingerprint density at radius 3 is 2.29 bits per heavy atom. The normalized spacial score (nSPS) is 15.8. The predicted octanol–water partition coefficient (Wildman–Crippen LogP) is 4.54. The Bertz CT molecular complexity index is 682. The van der Waals surface area contributed by atoms with Crippen LogP contribution in [0.15, 0.2) is 54.6 Å². The molecule has 1 saturated heterocycles. The molecule has 152 valence electrons. The molecule has 1 atom stereocenters. The third-order valence-corrected chi connectivity index (χ3v) is 5.28. The van der Waals surface area contributed by atoms with Crippen LogP contribution in [0.4, 0.5) is 5.69 Å². The van der Waals surface area contributed by atoms with Crippen LogP contribution < -0.4 is 4.90 Å². The van der Waals surface area contributed by atoms with Gasteiger partial charge in [-0.15, -0.1) is 0 Å². The molecule has 1 unspecified atom stereocenters. The molecule has 1 heterocycles. The molecular weight excluding hydrogens is 348 g/mol. The molecule has 4 heteroatoms. The van der Waals surface area contributed by atoms with Crippen LogP contribution in [0.5, 0.6) is 5.75 Å². The summed E-state index contributed by atoms with van der Waals surface area (Å²) < 4.78 is 6.07. The minimum atomic E-state index is 0.305. The van der Waals surface area contributed by atoms with Crippen LogP contribution in [0, 0.1) is 5.92 Å². The van der Waals surface area contributed by atoms with Crippen molar-refractivity contribution in [2.75, 3.05) is 37.7 Å². The highest BCUT2D eigenvalue weighted by molar-refractivity contribution is 5.49. The van der Waals surface area contributed by atoms with Gasteiger partial charge in [0.1, 0.15) is 5.75 Å². The van der Waals surface area contributed by atoms with Gasteiger partial charge in [-0.2, -0.15) is 0 Å². The number of phenolic OH excluding ortho intramolecular Hbond substituents is 1. The second-order valence-electron chi connectivity index (χ2n) is 8.21. The highest BCUT2D eigenvalue weighted by Gasteiger charge is 2.25. The Morgan fingerprint density at radius 2 is 1.64 bits per heavy atom. The Hall–Kier alpha value is -2.04. The minimum Gasteiger partial charge on any atom is -0.508 e. The van der Waals surface area contributed by atoms with Gasteiger partial charge in [-0.3, -0.25) is 4.90 Å². The molecule has 3 rings (SSSR count). The van der Waals surface area contributed by atoms with E-state index in [2.05, 4.69) is 54.0 Å². The van der Waals surface area contributed by atoms with Gasteiger partial charge in [0.2, 0.25) is 0 Å². The molecule has 0 saturated carbocycles. The van der Waals surface area contributed by atoms with E-state index in [0.717, 1.165) is 45.1 Å². The molecule has 1 aliphatic rings. The van der Waals surface area contributed by atoms with Crippen LogP contribution in [0.1, 0.15) is 32.3 Å². The Morgan fingerprint density at radius 1 is 0.964 bits per heavy atom. The number of aromatic hydroxyl groups is 1. The third-order valence-electron chi connectivity index (χ3n) is 5.28. The summed E-state index contributed by atoms with van der Waals surface area (Å²) in [5, 5.41) is 9.70. The molecule has 2 aromatic carbocycles. The smallest absolute Gasteiger partial charge is 0.115 e. The highest BCUT2D eigenvalue weighted by atomic mass is 16.5. The molecule has 2 aromatic rings. The molecule has 4 nitrogen and oxygen atoms in total. The van der Waals surface area contributed by atoms with E-state index < -0.39 is 0 Å². The lowest BCUT2D eigenvalue weighted by molar-refractivity contribution is 0.0567. The number of phenols is 1. The van der Waals surface area contributed by atoms with Crippen molar-refractivity contribution in [2.24, 2.45) is 5.92 Å². The van der Waals surface area contributed by atoms with E-state index in [9.17, 15) is 5.11 Å². The summed E-state index contributed by atoms with van der Waals surface area (Å²) in [5.74, 6) is 0.858. The standard InChI is InChI=1S/C24H34N2O2/c1-20(2)18-28-19-23(25-14-6-7-15-25)17-26(16-21-8-4-3-5-9-21)22-10-12-24(27)13-11-22/h3-5,8-13,20,23,27H,6-7,14-19H2,1-2H3. The second kappa shape index (κ2) is 10.5. The molecule has 1 N–H and O–H groups in total. The second-order valence-corrected chi connectivity index (χ2v) is 8.21. The van der Waals surface area contributed by atoms with E-state index in [-0.39, 0.29) is 0 Å². The molecule has 1 aliphatic heterocycles. The van der Waals surface area contributed by atoms with Gasteiger partial charge < -0.3 is 14.7 Å². The lowest BCUT2D eigenvalue weighted by atomic mass is 10.1. The summed E-state index contributed by atoms with van der Waals surface area (Å²) in [6, 6.07) is 18.5. The number of ether oxygens (including phenoxy) is 1. The zero-order valence-electron chi connectivity index (χ0n) is 17.3. The third kappa shape index (κ3) is 6.25. The molecule has 1 fully saturated rings. The van der Waals surface area contributed by atoms with Crippen LogP contribution in [0.25, 0.3) is 0 Å². The molecule has 0 radical (unpaired) electrons. The Labute approximate surface area is 169 Å². The topological polar surface area (TPSA) is 35.9 Å². The Kier molecular flexibility index (Phi) is 7.75. The summed E-state index contributed by atoms with van der Waals surface area (Å²) in [4.78, 5) is 5.00. The van der Waals surface area contributed by atoms with E-state index in [4.69, 9.17) is 4.74 Å². The number of hydrogen-bond acceptors (Lipinski definition) is 4. The maximum absolute atomic E-state index is 9.70. The van der Waals surface area contributed by atoms with Crippen LogP contribution in [-0.4, -0.2) is 48.9 Å². The minimum absolute atomic E-state index is 0.305. The summed E-state index contributed by atoms with van der Waals surface area (Å²) in [6.07, 6.45) is 2.55. The molecule has 0 aromatic heterocycles. The first-order valence-electron chi connectivity index (χ1n) is 10.5. The quantitative estimate of drug-likeness (QED) is 0.655. The lowest BCUT2D eigenvalue weighted by Gasteiger charge is -2.34. The summed E-state index contributed by atoms with van der Waals surface area (Å²) in [6.45, 7) is 10.0. The monoisotopic (exact) mass is 382 g/mol. The van der Waals surface area contributed by atoms with Gasteiger partial charge in [0.05, 0.1) is 12.6 Å². The Balaban J connectivity index is 1.76. The summed E-state index contributed by atoms with van der Waals surface area (Å²) in [7, 11) is 0. The van der Waals surface area contributed by atoms with E-state index >= 15 is 0 Å². The maximum atomic E-state index is 9.70. The van der Waals surface area contributed by atoms with Crippen LogP contribution >= 0.6 is 0 Å². The number of hydrogen-bond donors (Lipinski definition) is 1. The van der Waals surface area contributed by atoms with E-state index in [1.807, 2.05) is 12.1 Å². The van der Waals surface area contributed by atoms with Gasteiger partial charge in [0, 0.05) is 25.4 Å². The largest absolute Gasteiger partial charge is 0.508 e. The van der Waals surface area contributed by atoms with Gasteiger partial charge in [0.15, 0.2) is 0 Å². The van der Waals surface area contributed by atoms with E-state index in [0.29, 0.717) is 17.7 Å². The fraction of sp³-hybridized carbons (Fsp3) is 0.500. The van der Waals surface area contributed by atoms with Crippen molar-refractivity contribution in [3.8, 4) is 5.75 Å². The van der Waals surface area contributed by atoms with Crippen LogP contribution in [-0.2, 0) is 11.3 Å². The number of likely N-dealkylation sites (tertiary alicyclic amines) is 1. The zero-order chi connectivity index (χ0) is 19.8. The van der Waals surface area contributed by atoms with Crippen LogP contribution in [0.3, 0.4) is 0 Å². The van der Waals surface area contributed by atoms with Crippen molar-refractivity contribution in [3.05, 3.63) is 60.2 Å². The van der Waals surface area contributed by atoms with Gasteiger partial charge in [0.25, 0.3) is 0 Å². The fourth-order valence-corrected chi connectivity index (χ4v) is 3.80. The van der Waals surface area contributed by atoms with Crippen molar-refractivity contribution >= 4 is 5.69 Å². The molecular formula is C24H34N2O2. The molecule has 0 spiro atoms. The van der Waals surface area contributed by atoms with Gasteiger partial charge in [-0.1, -0.05) is 44.2 Å². The van der Waals surface area contributed by atoms with Crippen LogP contribution in [0.2, 0.25) is 0 Å². The molecule has 0 aliphatic carbocycles. The van der Waals surface area contributed by atoms with Crippen molar-refractivity contribution in [3.63, 3.8) is 0 Å².